The standard InChI is InChI=1S/C23H21ClN6O2/c24-21-19(15-25-30(23(21)31)18-9-5-2-6-10-18)29-13-11-28(12-14-29)16-20-26-27-22(32-20)17-7-3-1-4-8-17/h1-10,15H,11-14,16H2. The van der Waals surface area contributed by atoms with Gasteiger partial charge in [0.05, 0.1) is 24.1 Å². The highest BCUT2D eigenvalue weighted by Crippen LogP contribution is 2.24. The van der Waals surface area contributed by atoms with Gasteiger partial charge in [-0.2, -0.15) is 9.78 Å². The van der Waals surface area contributed by atoms with Crippen LogP contribution in [0.2, 0.25) is 5.02 Å². The van der Waals surface area contributed by atoms with Crippen LogP contribution in [-0.2, 0) is 6.54 Å². The van der Waals surface area contributed by atoms with Gasteiger partial charge in [0.25, 0.3) is 5.56 Å². The zero-order valence-corrected chi connectivity index (χ0v) is 18.0. The van der Waals surface area contributed by atoms with Crippen LogP contribution in [0, 0.1) is 0 Å². The van der Waals surface area contributed by atoms with Gasteiger partial charge in [0.1, 0.15) is 5.02 Å². The third kappa shape index (κ3) is 4.15. The van der Waals surface area contributed by atoms with Crippen molar-refractivity contribution in [1.29, 1.82) is 0 Å². The highest BCUT2D eigenvalue weighted by Gasteiger charge is 2.23. The summed E-state index contributed by atoms with van der Waals surface area (Å²) < 4.78 is 7.14. The molecular formula is C23H21ClN6O2. The number of hydrogen-bond donors (Lipinski definition) is 0. The Kier molecular flexibility index (Phi) is 5.70. The molecule has 3 heterocycles. The van der Waals surface area contributed by atoms with Gasteiger partial charge in [-0.05, 0) is 24.3 Å². The summed E-state index contributed by atoms with van der Waals surface area (Å²) in [6.45, 7) is 3.57. The Hall–Kier alpha value is -3.49. The van der Waals surface area contributed by atoms with E-state index in [1.807, 2.05) is 60.7 Å². The summed E-state index contributed by atoms with van der Waals surface area (Å²) in [5, 5.41) is 12.8. The monoisotopic (exact) mass is 448 g/mol. The average molecular weight is 449 g/mol. The zero-order valence-electron chi connectivity index (χ0n) is 17.3. The Bertz CT molecular complexity index is 1250. The van der Waals surface area contributed by atoms with Gasteiger partial charge in [-0.1, -0.05) is 48.0 Å². The lowest BCUT2D eigenvalue weighted by atomic mass is 10.2. The molecule has 9 heteroatoms. The first kappa shape index (κ1) is 20.4. The van der Waals surface area contributed by atoms with E-state index in [9.17, 15) is 4.79 Å². The molecule has 0 N–H and O–H groups in total. The van der Waals surface area contributed by atoms with Gasteiger partial charge in [-0.25, -0.2) is 0 Å². The Morgan fingerprint density at radius 3 is 2.31 bits per heavy atom. The van der Waals surface area contributed by atoms with E-state index >= 15 is 0 Å². The first-order valence-corrected chi connectivity index (χ1v) is 10.8. The smallest absolute Gasteiger partial charge is 0.292 e. The normalized spacial score (nSPS) is 14.6. The second-order valence-corrected chi connectivity index (χ2v) is 7.90. The molecule has 0 amide bonds. The lowest BCUT2D eigenvalue weighted by Gasteiger charge is -2.35. The molecule has 162 valence electrons. The molecule has 4 aromatic rings. The minimum atomic E-state index is -0.322. The van der Waals surface area contributed by atoms with Gasteiger partial charge < -0.3 is 9.32 Å². The van der Waals surface area contributed by atoms with Crippen LogP contribution in [0.15, 0.2) is 76.1 Å². The van der Waals surface area contributed by atoms with Crippen molar-refractivity contribution in [2.75, 3.05) is 31.1 Å². The van der Waals surface area contributed by atoms with E-state index in [1.54, 1.807) is 6.20 Å². The molecule has 0 saturated carbocycles. The fourth-order valence-electron chi connectivity index (χ4n) is 3.75. The Balaban J connectivity index is 1.24. The van der Waals surface area contributed by atoms with E-state index in [2.05, 4.69) is 25.1 Å². The third-order valence-electron chi connectivity index (χ3n) is 5.46. The van der Waals surface area contributed by atoms with Crippen molar-refractivity contribution in [3.05, 3.63) is 88.1 Å². The van der Waals surface area contributed by atoms with E-state index in [-0.39, 0.29) is 10.6 Å². The maximum atomic E-state index is 12.8. The molecule has 5 rings (SSSR count). The molecule has 0 aliphatic carbocycles. The molecule has 1 aliphatic rings. The number of benzene rings is 2. The zero-order chi connectivity index (χ0) is 21.9. The largest absolute Gasteiger partial charge is 0.419 e. The van der Waals surface area contributed by atoms with Crippen LogP contribution in [-0.4, -0.2) is 51.1 Å². The van der Waals surface area contributed by atoms with Crippen LogP contribution >= 0.6 is 11.6 Å². The average Bonchev–Trinajstić information content (AvgIpc) is 3.31. The maximum absolute atomic E-state index is 12.8. The molecule has 32 heavy (non-hydrogen) atoms. The van der Waals surface area contributed by atoms with Crippen LogP contribution in [0.3, 0.4) is 0 Å². The topological polar surface area (TPSA) is 80.3 Å². The highest BCUT2D eigenvalue weighted by molar-refractivity contribution is 6.33. The summed E-state index contributed by atoms with van der Waals surface area (Å²) >= 11 is 6.45. The van der Waals surface area contributed by atoms with E-state index < -0.39 is 0 Å². The maximum Gasteiger partial charge on any atom is 0.292 e. The number of anilines is 1. The summed E-state index contributed by atoms with van der Waals surface area (Å²) in [5.74, 6) is 1.11. The van der Waals surface area contributed by atoms with Crippen LogP contribution in [0.5, 0.6) is 0 Å². The molecule has 1 saturated heterocycles. The second-order valence-electron chi connectivity index (χ2n) is 7.53. The molecule has 2 aromatic heterocycles. The number of hydrogen-bond acceptors (Lipinski definition) is 7. The first-order valence-electron chi connectivity index (χ1n) is 10.4. The fraction of sp³-hybridized carbons (Fsp3) is 0.217. The Morgan fingerprint density at radius 1 is 0.906 bits per heavy atom. The predicted molar refractivity (Wildman–Crippen MR) is 122 cm³/mol. The van der Waals surface area contributed by atoms with Gasteiger partial charge >= 0.3 is 0 Å². The molecule has 0 radical (unpaired) electrons. The summed E-state index contributed by atoms with van der Waals surface area (Å²) in [5.41, 5.74) is 1.93. The Morgan fingerprint density at radius 2 is 1.59 bits per heavy atom. The Labute approximate surface area is 189 Å². The predicted octanol–water partition coefficient (Wildman–Crippen LogP) is 3.26. The number of para-hydroxylation sites is 1. The number of nitrogens with zero attached hydrogens (tertiary/aromatic N) is 6. The van der Waals surface area contributed by atoms with Crippen LogP contribution in [0.4, 0.5) is 5.69 Å². The highest BCUT2D eigenvalue weighted by atomic mass is 35.5. The summed E-state index contributed by atoms with van der Waals surface area (Å²) in [4.78, 5) is 17.1. The van der Waals surface area contributed by atoms with Crippen LogP contribution < -0.4 is 10.5 Å². The molecule has 1 aliphatic heterocycles. The van der Waals surface area contributed by atoms with Crippen molar-refractivity contribution < 1.29 is 4.42 Å². The van der Waals surface area contributed by atoms with Crippen molar-refractivity contribution in [2.24, 2.45) is 0 Å². The summed E-state index contributed by atoms with van der Waals surface area (Å²) in [6, 6.07) is 19.0. The fourth-order valence-corrected chi connectivity index (χ4v) is 4.00. The lowest BCUT2D eigenvalue weighted by Crippen LogP contribution is -2.46. The number of rotatable bonds is 5. The van der Waals surface area contributed by atoms with E-state index in [4.69, 9.17) is 16.0 Å². The molecule has 8 nitrogen and oxygen atoms in total. The van der Waals surface area contributed by atoms with Crippen LogP contribution in [0.25, 0.3) is 17.1 Å². The molecule has 1 fully saturated rings. The van der Waals surface area contributed by atoms with Gasteiger partial charge in [0.15, 0.2) is 0 Å². The van der Waals surface area contributed by atoms with Crippen LogP contribution in [0.1, 0.15) is 5.89 Å². The molecule has 0 unspecified atom stereocenters. The summed E-state index contributed by atoms with van der Waals surface area (Å²) in [6.07, 6.45) is 1.66. The number of piperazine rings is 1. The van der Waals surface area contributed by atoms with Crippen molar-refractivity contribution in [3.63, 3.8) is 0 Å². The summed E-state index contributed by atoms with van der Waals surface area (Å²) in [7, 11) is 0. The van der Waals surface area contributed by atoms with Gasteiger partial charge in [0.2, 0.25) is 11.8 Å². The number of halogens is 1. The minimum absolute atomic E-state index is 0.182. The molecule has 2 aromatic carbocycles. The van der Waals surface area contributed by atoms with Gasteiger partial charge in [-0.15, -0.1) is 10.2 Å². The van der Waals surface area contributed by atoms with Crippen molar-refractivity contribution in [3.8, 4) is 17.1 Å². The van der Waals surface area contributed by atoms with Gasteiger partial charge in [0, 0.05) is 31.7 Å². The molecule has 0 atom stereocenters. The van der Waals surface area contributed by atoms with Gasteiger partial charge in [-0.3, -0.25) is 9.69 Å². The third-order valence-corrected chi connectivity index (χ3v) is 5.82. The van der Waals surface area contributed by atoms with E-state index in [0.717, 1.165) is 31.7 Å². The van der Waals surface area contributed by atoms with Crippen molar-refractivity contribution in [1.82, 2.24) is 24.9 Å². The first-order chi connectivity index (χ1) is 15.7. The molecular weight excluding hydrogens is 428 g/mol. The number of aromatic nitrogens is 4. The lowest BCUT2D eigenvalue weighted by molar-refractivity contribution is 0.227. The van der Waals surface area contributed by atoms with Crippen molar-refractivity contribution in [2.45, 2.75) is 6.54 Å². The quantitative estimate of drug-likeness (QED) is 0.463. The molecule has 0 bridgehead atoms. The minimum Gasteiger partial charge on any atom is -0.419 e. The molecule has 0 spiro atoms. The van der Waals surface area contributed by atoms with Crippen molar-refractivity contribution >= 4 is 17.3 Å². The SMILES string of the molecule is O=c1c(Cl)c(N2CCN(Cc3nnc(-c4ccccc4)o3)CC2)cnn1-c1ccccc1. The van der Waals surface area contributed by atoms with E-state index in [1.165, 1.54) is 4.68 Å². The second kappa shape index (κ2) is 8.94. The van der Waals surface area contributed by atoms with E-state index in [0.29, 0.717) is 29.7 Å².